The molecule has 2 amide bonds. The van der Waals surface area contributed by atoms with Gasteiger partial charge in [0, 0.05) is 37.5 Å². The van der Waals surface area contributed by atoms with E-state index < -0.39 is 0 Å². The Morgan fingerprint density at radius 3 is 2.72 bits per heavy atom. The SMILES string of the molecule is CN(C)C(=O)NCCc1cccc(-c2nc(=O)c3ccccc3s2)n1. The topological polar surface area (TPSA) is 75.2 Å². The van der Waals surface area contributed by atoms with Crippen LogP contribution in [-0.4, -0.2) is 41.5 Å². The van der Waals surface area contributed by atoms with E-state index >= 15 is 0 Å². The van der Waals surface area contributed by atoms with Crippen molar-refractivity contribution in [1.29, 1.82) is 0 Å². The molecule has 0 fully saturated rings. The summed E-state index contributed by atoms with van der Waals surface area (Å²) in [4.78, 5) is 34.0. The standard InChI is InChI=1S/C18H18N4O2S/c1-22(2)18(24)19-11-10-12-6-5-8-14(20-12)17-21-16(23)13-7-3-4-9-15(13)25-17/h3-9H,10-11H2,1-2H3,(H,19,24). The fraction of sp³-hybridized carbons (Fsp3) is 0.222. The third kappa shape index (κ3) is 4.00. The first-order valence-electron chi connectivity index (χ1n) is 7.86. The highest BCUT2D eigenvalue weighted by Gasteiger charge is 2.09. The van der Waals surface area contributed by atoms with Crippen LogP contribution < -0.4 is 10.9 Å². The molecule has 0 aliphatic carbocycles. The van der Waals surface area contributed by atoms with E-state index in [4.69, 9.17) is 0 Å². The van der Waals surface area contributed by atoms with Crippen LogP contribution in [0.25, 0.3) is 20.8 Å². The molecule has 1 N–H and O–H groups in total. The first-order valence-corrected chi connectivity index (χ1v) is 8.67. The quantitative estimate of drug-likeness (QED) is 0.781. The molecule has 2 aromatic heterocycles. The lowest BCUT2D eigenvalue weighted by molar-refractivity contribution is 0.217. The molecule has 3 aromatic rings. The minimum Gasteiger partial charge on any atom is -0.338 e. The van der Waals surface area contributed by atoms with Crippen LogP contribution in [0.5, 0.6) is 0 Å². The summed E-state index contributed by atoms with van der Waals surface area (Å²) in [6, 6.07) is 12.9. The summed E-state index contributed by atoms with van der Waals surface area (Å²) in [5, 5.41) is 4.03. The van der Waals surface area contributed by atoms with E-state index in [0.29, 0.717) is 29.1 Å². The van der Waals surface area contributed by atoms with Gasteiger partial charge in [0.2, 0.25) is 0 Å². The minimum atomic E-state index is -0.241. The summed E-state index contributed by atoms with van der Waals surface area (Å²) >= 11 is 1.45. The van der Waals surface area contributed by atoms with Gasteiger partial charge < -0.3 is 10.2 Å². The molecule has 7 heteroatoms. The maximum absolute atomic E-state index is 12.2. The van der Waals surface area contributed by atoms with E-state index in [-0.39, 0.29) is 11.6 Å². The second-order valence-corrected chi connectivity index (χ2v) is 6.74. The van der Waals surface area contributed by atoms with Gasteiger partial charge in [0.25, 0.3) is 5.56 Å². The number of carbonyl (C=O) groups excluding carboxylic acids is 1. The first kappa shape index (κ1) is 17.0. The normalized spacial score (nSPS) is 10.6. The second-order valence-electron chi connectivity index (χ2n) is 5.71. The van der Waals surface area contributed by atoms with Gasteiger partial charge >= 0.3 is 6.03 Å². The predicted molar refractivity (Wildman–Crippen MR) is 99.9 cm³/mol. The maximum Gasteiger partial charge on any atom is 0.316 e. The summed E-state index contributed by atoms with van der Waals surface area (Å²) in [7, 11) is 3.39. The fourth-order valence-corrected chi connectivity index (χ4v) is 3.28. The van der Waals surface area contributed by atoms with Crippen molar-refractivity contribution in [3.63, 3.8) is 0 Å². The number of amides is 2. The Balaban J connectivity index is 1.82. The van der Waals surface area contributed by atoms with Gasteiger partial charge in [-0.15, -0.1) is 11.3 Å². The Kier molecular flexibility index (Phi) is 5.04. The largest absolute Gasteiger partial charge is 0.338 e. The van der Waals surface area contributed by atoms with Crippen LogP contribution in [0.4, 0.5) is 4.79 Å². The van der Waals surface area contributed by atoms with Crippen molar-refractivity contribution in [2.75, 3.05) is 20.6 Å². The summed E-state index contributed by atoms with van der Waals surface area (Å²) in [6.45, 7) is 0.495. The van der Waals surface area contributed by atoms with Crippen molar-refractivity contribution in [3.05, 3.63) is 58.5 Å². The van der Waals surface area contributed by atoms with E-state index in [1.165, 1.54) is 16.2 Å². The second kappa shape index (κ2) is 7.40. The molecule has 6 nitrogen and oxygen atoms in total. The van der Waals surface area contributed by atoms with Crippen molar-refractivity contribution >= 4 is 27.5 Å². The van der Waals surface area contributed by atoms with Crippen molar-refractivity contribution in [2.45, 2.75) is 6.42 Å². The maximum atomic E-state index is 12.2. The molecule has 25 heavy (non-hydrogen) atoms. The predicted octanol–water partition coefficient (Wildman–Crippen LogP) is 2.53. The third-order valence-electron chi connectivity index (χ3n) is 3.62. The lowest BCUT2D eigenvalue weighted by atomic mass is 10.2. The Morgan fingerprint density at radius 2 is 1.92 bits per heavy atom. The number of fused-ring (bicyclic) bond motifs is 1. The molecule has 0 aliphatic rings. The van der Waals surface area contributed by atoms with Crippen LogP contribution in [-0.2, 0) is 6.42 Å². The molecule has 0 atom stereocenters. The lowest BCUT2D eigenvalue weighted by Gasteiger charge is -2.11. The molecule has 0 saturated heterocycles. The molecule has 1 aromatic carbocycles. The van der Waals surface area contributed by atoms with Gasteiger partial charge in [-0.25, -0.2) is 4.79 Å². The molecule has 0 bridgehead atoms. The van der Waals surface area contributed by atoms with Crippen LogP contribution in [0.3, 0.4) is 0 Å². The van der Waals surface area contributed by atoms with Gasteiger partial charge in [0.15, 0.2) is 0 Å². The highest BCUT2D eigenvalue weighted by atomic mass is 32.1. The molecule has 128 valence electrons. The van der Waals surface area contributed by atoms with Crippen LogP contribution in [0.2, 0.25) is 0 Å². The number of rotatable bonds is 4. The molecule has 3 rings (SSSR count). The van der Waals surface area contributed by atoms with E-state index in [0.717, 1.165) is 10.4 Å². The van der Waals surface area contributed by atoms with Crippen LogP contribution in [0, 0.1) is 0 Å². The Labute approximate surface area is 149 Å². The van der Waals surface area contributed by atoms with Gasteiger partial charge in [-0.05, 0) is 24.3 Å². The van der Waals surface area contributed by atoms with E-state index in [9.17, 15) is 9.59 Å². The Bertz CT molecular complexity index is 968. The average molecular weight is 354 g/mol. The molecule has 2 heterocycles. The number of benzene rings is 1. The van der Waals surface area contributed by atoms with E-state index in [1.54, 1.807) is 20.2 Å². The molecule has 0 aliphatic heterocycles. The molecule has 0 spiro atoms. The smallest absolute Gasteiger partial charge is 0.316 e. The summed E-state index contributed by atoms with van der Waals surface area (Å²) < 4.78 is 0.892. The zero-order valence-electron chi connectivity index (χ0n) is 14.0. The monoisotopic (exact) mass is 354 g/mol. The zero-order valence-corrected chi connectivity index (χ0v) is 14.8. The minimum absolute atomic E-state index is 0.134. The number of nitrogens with zero attached hydrogens (tertiary/aromatic N) is 3. The number of hydrogen-bond acceptors (Lipinski definition) is 5. The van der Waals surface area contributed by atoms with Crippen LogP contribution in [0.15, 0.2) is 47.3 Å². The van der Waals surface area contributed by atoms with Crippen molar-refractivity contribution < 1.29 is 4.79 Å². The Hall–Kier alpha value is -2.80. The highest BCUT2D eigenvalue weighted by molar-refractivity contribution is 7.21. The number of hydrogen-bond donors (Lipinski definition) is 1. The number of urea groups is 1. The van der Waals surface area contributed by atoms with E-state index in [1.807, 2.05) is 36.4 Å². The number of aromatic nitrogens is 2. The molecule has 0 radical (unpaired) electrons. The number of carbonyl (C=O) groups is 1. The number of nitrogens with one attached hydrogen (secondary N) is 1. The van der Waals surface area contributed by atoms with Gasteiger partial charge in [-0.3, -0.25) is 9.78 Å². The highest BCUT2D eigenvalue weighted by Crippen LogP contribution is 2.24. The van der Waals surface area contributed by atoms with Crippen molar-refractivity contribution in [1.82, 2.24) is 20.2 Å². The van der Waals surface area contributed by atoms with Crippen molar-refractivity contribution in [3.8, 4) is 10.7 Å². The molecular formula is C18H18N4O2S. The van der Waals surface area contributed by atoms with Gasteiger partial charge in [0.05, 0.1) is 11.1 Å². The first-order chi connectivity index (χ1) is 12.0. The Morgan fingerprint density at radius 1 is 1.12 bits per heavy atom. The molecular weight excluding hydrogens is 336 g/mol. The zero-order chi connectivity index (χ0) is 17.8. The number of pyridine rings is 1. The van der Waals surface area contributed by atoms with Gasteiger partial charge in [-0.2, -0.15) is 4.98 Å². The van der Waals surface area contributed by atoms with Crippen molar-refractivity contribution in [2.24, 2.45) is 0 Å². The summed E-state index contributed by atoms with van der Waals surface area (Å²) in [5.74, 6) is 0. The third-order valence-corrected chi connectivity index (χ3v) is 4.69. The molecule has 0 unspecified atom stereocenters. The van der Waals surface area contributed by atoms with Crippen LogP contribution in [0.1, 0.15) is 5.69 Å². The molecule has 0 saturated carbocycles. The van der Waals surface area contributed by atoms with E-state index in [2.05, 4.69) is 15.3 Å². The fourth-order valence-electron chi connectivity index (χ4n) is 2.31. The lowest BCUT2D eigenvalue weighted by Crippen LogP contribution is -2.35. The van der Waals surface area contributed by atoms with Gasteiger partial charge in [-0.1, -0.05) is 18.2 Å². The average Bonchev–Trinajstić information content (AvgIpc) is 2.62. The van der Waals surface area contributed by atoms with Crippen LogP contribution >= 0.6 is 11.3 Å². The van der Waals surface area contributed by atoms with Gasteiger partial charge in [0.1, 0.15) is 5.01 Å². The summed E-state index contributed by atoms with van der Waals surface area (Å²) in [6.07, 6.45) is 0.607. The summed E-state index contributed by atoms with van der Waals surface area (Å²) in [5.41, 5.74) is 1.27.